The Hall–Kier alpha value is -2.58. The van der Waals surface area contributed by atoms with Crippen LogP contribution in [0, 0.1) is 17.8 Å². The number of aryl methyl sites for hydroxylation is 1. The van der Waals surface area contributed by atoms with E-state index in [0.29, 0.717) is 25.1 Å². The zero-order chi connectivity index (χ0) is 17.9. The van der Waals surface area contributed by atoms with Gasteiger partial charge in [-0.25, -0.2) is 4.98 Å². The number of methoxy groups -OCH3 is 1. The van der Waals surface area contributed by atoms with Crippen LogP contribution in [0.15, 0.2) is 42.7 Å². The molecule has 0 radical (unpaired) electrons. The van der Waals surface area contributed by atoms with Crippen LogP contribution < -0.4 is 0 Å². The van der Waals surface area contributed by atoms with Crippen molar-refractivity contribution < 1.29 is 14.6 Å². The zero-order valence-electron chi connectivity index (χ0n) is 14.5. The Balaban J connectivity index is 1.93. The van der Waals surface area contributed by atoms with E-state index < -0.39 is 17.5 Å². The number of carboxylic acid groups (broad SMARTS) is 1. The molecule has 1 N–H and O–H groups in total. The van der Waals surface area contributed by atoms with E-state index in [0.717, 1.165) is 5.56 Å². The van der Waals surface area contributed by atoms with Gasteiger partial charge in [-0.1, -0.05) is 36.3 Å². The van der Waals surface area contributed by atoms with Crippen molar-refractivity contribution >= 4 is 5.97 Å². The van der Waals surface area contributed by atoms with Crippen molar-refractivity contribution in [3.05, 3.63) is 54.1 Å². The number of aliphatic carboxylic acids is 1. The Morgan fingerprint density at radius 1 is 1.40 bits per heavy atom. The smallest absolute Gasteiger partial charge is 0.307 e. The van der Waals surface area contributed by atoms with Crippen LogP contribution in [0.5, 0.6) is 0 Å². The number of hydrogen-bond acceptors (Lipinski definition) is 3. The van der Waals surface area contributed by atoms with E-state index >= 15 is 0 Å². The topological polar surface area (TPSA) is 64.4 Å². The summed E-state index contributed by atoms with van der Waals surface area (Å²) in [6.45, 7) is 0. The van der Waals surface area contributed by atoms with Crippen LogP contribution >= 0.6 is 0 Å². The summed E-state index contributed by atoms with van der Waals surface area (Å²) in [6.07, 6.45) is 5.25. The predicted octanol–water partition coefficient (Wildman–Crippen LogP) is 2.83. The van der Waals surface area contributed by atoms with E-state index in [2.05, 4.69) is 16.8 Å². The first-order valence-corrected chi connectivity index (χ1v) is 8.38. The van der Waals surface area contributed by atoms with Gasteiger partial charge in [-0.05, 0) is 30.7 Å². The molecule has 3 atom stereocenters. The molecule has 0 bridgehead atoms. The molecule has 1 aromatic heterocycles. The average molecular weight is 338 g/mol. The highest BCUT2D eigenvalue weighted by Gasteiger charge is 2.43. The molecule has 1 heterocycles. The lowest BCUT2D eigenvalue weighted by molar-refractivity contribution is -0.145. The van der Waals surface area contributed by atoms with Gasteiger partial charge in [-0.15, -0.1) is 0 Å². The molecule has 130 valence electrons. The van der Waals surface area contributed by atoms with Crippen LogP contribution in [-0.2, 0) is 16.6 Å². The Kier molecular flexibility index (Phi) is 4.91. The van der Waals surface area contributed by atoms with Gasteiger partial charge in [0, 0.05) is 32.5 Å². The summed E-state index contributed by atoms with van der Waals surface area (Å²) >= 11 is 0. The van der Waals surface area contributed by atoms with E-state index in [1.807, 2.05) is 48.1 Å². The maximum atomic E-state index is 11.7. The first-order chi connectivity index (χ1) is 12.0. The molecule has 1 aliphatic carbocycles. The second kappa shape index (κ2) is 7.12. The normalized spacial score (nSPS) is 25.8. The van der Waals surface area contributed by atoms with Crippen LogP contribution in [0.2, 0.25) is 0 Å². The standard InChI is InChI=1S/C20H22N2O3/c1-22-13-12-21-18(22)9-11-20(25-2)10-8-16(19(23)24)17(14-20)15-6-4-3-5-7-15/h3-7,12-13,16-17H,8,10,14H2,1-2H3,(H,23,24)/t16-,17+,20?/m1/s1. The molecule has 1 saturated carbocycles. The number of imidazole rings is 1. The van der Waals surface area contributed by atoms with Gasteiger partial charge in [0.15, 0.2) is 5.82 Å². The second-order valence-electron chi connectivity index (χ2n) is 6.51. The summed E-state index contributed by atoms with van der Waals surface area (Å²) in [4.78, 5) is 16.0. The van der Waals surface area contributed by atoms with Crippen molar-refractivity contribution in [2.45, 2.75) is 30.8 Å². The highest BCUT2D eigenvalue weighted by atomic mass is 16.5. The molecule has 5 heteroatoms. The van der Waals surface area contributed by atoms with Gasteiger partial charge >= 0.3 is 5.97 Å². The van der Waals surface area contributed by atoms with Gasteiger partial charge in [0.2, 0.25) is 0 Å². The molecule has 3 rings (SSSR count). The number of rotatable bonds is 3. The molecule has 0 amide bonds. The average Bonchev–Trinajstić information content (AvgIpc) is 3.05. The zero-order valence-corrected chi connectivity index (χ0v) is 14.5. The summed E-state index contributed by atoms with van der Waals surface area (Å²) in [5, 5.41) is 9.64. The fraction of sp³-hybridized carbons (Fsp3) is 0.400. The molecule has 1 unspecified atom stereocenters. The summed E-state index contributed by atoms with van der Waals surface area (Å²) in [7, 11) is 3.54. The minimum atomic E-state index is -0.754. The minimum Gasteiger partial charge on any atom is -0.481 e. The van der Waals surface area contributed by atoms with E-state index in [1.54, 1.807) is 13.3 Å². The van der Waals surface area contributed by atoms with Crippen LogP contribution in [0.4, 0.5) is 0 Å². The van der Waals surface area contributed by atoms with E-state index in [4.69, 9.17) is 4.74 Å². The van der Waals surface area contributed by atoms with Gasteiger partial charge in [-0.3, -0.25) is 4.79 Å². The Morgan fingerprint density at radius 3 is 2.76 bits per heavy atom. The molecule has 1 aliphatic rings. The Bertz CT molecular complexity index is 803. The van der Waals surface area contributed by atoms with Crippen molar-refractivity contribution in [2.75, 3.05) is 7.11 Å². The third kappa shape index (κ3) is 3.59. The van der Waals surface area contributed by atoms with Crippen LogP contribution in [0.25, 0.3) is 0 Å². The molecule has 1 fully saturated rings. The molecule has 1 aromatic carbocycles. The molecule has 0 spiro atoms. The maximum Gasteiger partial charge on any atom is 0.307 e. The van der Waals surface area contributed by atoms with Gasteiger partial charge in [0.05, 0.1) is 5.92 Å². The number of carboxylic acids is 1. The monoisotopic (exact) mass is 338 g/mol. The highest BCUT2D eigenvalue weighted by molar-refractivity contribution is 5.71. The van der Waals surface area contributed by atoms with Crippen molar-refractivity contribution in [3.63, 3.8) is 0 Å². The molecular weight excluding hydrogens is 316 g/mol. The SMILES string of the molecule is COC1(C#Cc2nccn2C)CC[C@@H](C(=O)O)[C@H](c2ccccc2)C1. The maximum absolute atomic E-state index is 11.7. The van der Waals surface area contributed by atoms with Gasteiger partial charge in [-0.2, -0.15) is 0 Å². The Morgan fingerprint density at radius 2 is 2.16 bits per heavy atom. The first kappa shape index (κ1) is 17.2. The van der Waals surface area contributed by atoms with E-state index in [9.17, 15) is 9.90 Å². The van der Waals surface area contributed by atoms with Gasteiger partial charge < -0.3 is 14.4 Å². The molecule has 0 saturated heterocycles. The number of benzene rings is 1. The quantitative estimate of drug-likeness (QED) is 0.874. The van der Waals surface area contributed by atoms with Gasteiger partial charge in [0.25, 0.3) is 0 Å². The van der Waals surface area contributed by atoms with Gasteiger partial charge in [0.1, 0.15) is 5.60 Å². The molecular formula is C20H22N2O3. The molecule has 5 nitrogen and oxygen atoms in total. The summed E-state index contributed by atoms with van der Waals surface area (Å²) in [5.41, 5.74) is 0.369. The first-order valence-electron chi connectivity index (χ1n) is 8.38. The predicted molar refractivity (Wildman–Crippen MR) is 94.0 cm³/mol. The lowest BCUT2D eigenvalue weighted by Crippen LogP contribution is -2.41. The fourth-order valence-corrected chi connectivity index (χ4v) is 3.54. The molecule has 25 heavy (non-hydrogen) atoms. The molecule has 2 aromatic rings. The van der Waals surface area contributed by atoms with E-state index in [-0.39, 0.29) is 5.92 Å². The van der Waals surface area contributed by atoms with E-state index in [1.165, 1.54) is 0 Å². The largest absolute Gasteiger partial charge is 0.481 e. The summed E-state index contributed by atoms with van der Waals surface area (Å²) < 4.78 is 7.65. The minimum absolute atomic E-state index is 0.122. The summed E-state index contributed by atoms with van der Waals surface area (Å²) in [6, 6.07) is 9.79. The number of ether oxygens (including phenoxy) is 1. The number of hydrogen-bond donors (Lipinski definition) is 1. The van der Waals surface area contributed by atoms with Crippen LogP contribution in [0.3, 0.4) is 0 Å². The van der Waals surface area contributed by atoms with Crippen molar-refractivity contribution in [2.24, 2.45) is 13.0 Å². The lowest BCUT2D eigenvalue weighted by atomic mass is 9.69. The van der Waals surface area contributed by atoms with Crippen molar-refractivity contribution in [1.29, 1.82) is 0 Å². The summed E-state index contributed by atoms with van der Waals surface area (Å²) in [5.74, 6) is 5.72. The highest BCUT2D eigenvalue weighted by Crippen LogP contribution is 2.44. The van der Waals surface area contributed by atoms with Crippen molar-refractivity contribution in [3.8, 4) is 11.8 Å². The third-order valence-electron chi connectivity index (χ3n) is 5.05. The molecule has 0 aliphatic heterocycles. The fourth-order valence-electron chi connectivity index (χ4n) is 3.54. The number of aromatic nitrogens is 2. The van der Waals surface area contributed by atoms with Crippen molar-refractivity contribution in [1.82, 2.24) is 9.55 Å². The Labute approximate surface area is 147 Å². The number of nitrogens with zero attached hydrogens (tertiary/aromatic N) is 2. The van der Waals surface area contributed by atoms with Crippen LogP contribution in [-0.4, -0.2) is 33.3 Å². The lowest BCUT2D eigenvalue weighted by Gasteiger charge is -2.39. The number of carbonyl (C=O) groups is 1. The third-order valence-corrected chi connectivity index (χ3v) is 5.05. The second-order valence-corrected chi connectivity index (χ2v) is 6.51. The van der Waals surface area contributed by atoms with Crippen LogP contribution in [0.1, 0.15) is 36.6 Å².